The van der Waals surface area contributed by atoms with Gasteiger partial charge in [0.1, 0.15) is 0 Å². The highest BCUT2D eigenvalue weighted by molar-refractivity contribution is 7.99. The second-order valence-corrected chi connectivity index (χ2v) is 12.3. The molecular weight excluding hydrogens is 400 g/mol. The largest absolute Gasteiger partial charge is 0.390 e. The van der Waals surface area contributed by atoms with Crippen molar-refractivity contribution in [2.75, 3.05) is 5.75 Å². The minimum Gasteiger partial charge on any atom is -0.390 e. The molecule has 1 N–H and O–H groups in total. The van der Waals surface area contributed by atoms with Crippen LogP contribution in [0.3, 0.4) is 0 Å². The minimum atomic E-state index is -0.595. The van der Waals surface area contributed by atoms with E-state index in [2.05, 4.69) is 51.6 Å². The molecule has 0 saturated heterocycles. The molecule has 1 aromatic rings. The molecule has 1 aromatic carbocycles. The Morgan fingerprint density at radius 1 is 1.10 bits per heavy atom. The van der Waals surface area contributed by atoms with Gasteiger partial charge < -0.3 is 5.11 Å². The van der Waals surface area contributed by atoms with E-state index < -0.39 is 5.60 Å². The number of fused-ring (bicyclic) bond motifs is 5. The standard InChI is InChI=1S/C28H36O2S/c1-18-16-27(3)23(12-15-28(27,4)30)20-10-11-22-21(17-31-19-8-6-5-7-9-19)24(29)13-14-26(22,2)25(18)20/h5-9,20,23,25,30H,1,10-17H2,2-4H3/t20-,23-,25-,26-,27-,28-/m0/s1. The molecule has 0 amide bonds. The molecule has 0 heterocycles. The van der Waals surface area contributed by atoms with Crippen LogP contribution in [0, 0.1) is 28.6 Å². The first kappa shape index (κ1) is 21.5. The van der Waals surface area contributed by atoms with E-state index in [1.807, 2.05) is 6.07 Å². The van der Waals surface area contributed by atoms with Gasteiger partial charge >= 0.3 is 0 Å². The maximum atomic E-state index is 13.0. The summed E-state index contributed by atoms with van der Waals surface area (Å²) in [5.74, 6) is 2.76. The average Bonchev–Trinajstić information content (AvgIpc) is 2.97. The van der Waals surface area contributed by atoms with Crippen molar-refractivity contribution in [1.29, 1.82) is 0 Å². The third-order valence-electron chi connectivity index (χ3n) is 9.77. The first-order valence-corrected chi connectivity index (χ1v) is 13.0. The Bertz CT molecular complexity index is 945. The molecule has 2 nitrogen and oxygen atoms in total. The summed E-state index contributed by atoms with van der Waals surface area (Å²) in [6.45, 7) is 11.4. The van der Waals surface area contributed by atoms with Crippen molar-refractivity contribution in [3.63, 3.8) is 0 Å². The number of rotatable bonds is 3. The Morgan fingerprint density at radius 3 is 2.58 bits per heavy atom. The van der Waals surface area contributed by atoms with Crippen LogP contribution in [0.1, 0.15) is 65.7 Å². The zero-order chi connectivity index (χ0) is 22.0. The van der Waals surface area contributed by atoms with Gasteiger partial charge in [-0.2, -0.15) is 0 Å². The highest BCUT2D eigenvalue weighted by Gasteiger charge is 2.63. The average molecular weight is 437 g/mol. The number of hydrogen-bond donors (Lipinski definition) is 1. The van der Waals surface area contributed by atoms with Gasteiger partial charge in [-0.3, -0.25) is 4.79 Å². The number of Topliss-reactive ketones (excluding diaryl/α,β-unsaturated/α-hetero) is 1. The van der Waals surface area contributed by atoms with Crippen molar-refractivity contribution in [1.82, 2.24) is 0 Å². The van der Waals surface area contributed by atoms with Gasteiger partial charge in [0.2, 0.25) is 0 Å². The summed E-state index contributed by atoms with van der Waals surface area (Å²) >= 11 is 1.80. The van der Waals surface area contributed by atoms with Crippen LogP contribution in [0.5, 0.6) is 0 Å². The molecule has 4 aliphatic rings. The number of carbonyl (C=O) groups excluding carboxylic acids is 1. The summed E-state index contributed by atoms with van der Waals surface area (Å²) < 4.78 is 0. The maximum absolute atomic E-state index is 13.0. The van der Waals surface area contributed by atoms with Crippen LogP contribution in [-0.2, 0) is 4.79 Å². The van der Waals surface area contributed by atoms with E-state index in [0.29, 0.717) is 30.0 Å². The maximum Gasteiger partial charge on any atom is 0.159 e. The van der Waals surface area contributed by atoms with Crippen LogP contribution in [0.15, 0.2) is 58.5 Å². The lowest BCUT2D eigenvalue weighted by atomic mass is 9.45. The second kappa shape index (κ2) is 7.35. The van der Waals surface area contributed by atoms with Gasteiger partial charge in [0.25, 0.3) is 0 Å². The molecule has 4 aliphatic carbocycles. The molecule has 3 fully saturated rings. The number of allylic oxidation sites excluding steroid dienone is 2. The van der Waals surface area contributed by atoms with E-state index in [0.717, 1.165) is 49.9 Å². The van der Waals surface area contributed by atoms with Crippen LogP contribution >= 0.6 is 11.8 Å². The van der Waals surface area contributed by atoms with Gasteiger partial charge in [-0.15, -0.1) is 11.8 Å². The van der Waals surface area contributed by atoms with Crippen LogP contribution < -0.4 is 0 Å². The molecule has 31 heavy (non-hydrogen) atoms. The molecule has 3 saturated carbocycles. The fourth-order valence-electron chi connectivity index (χ4n) is 7.97. The summed E-state index contributed by atoms with van der Waals surface area (Å²) in [6, 6.07) is 10.4. The lowest BCUT2D eigenvalue weighted by Crippen LogP contribution is -2.55. The summed E-state index contributed by atoms with van der Waals surface area (Å²) in [5.41, 5.74) is 3.26. The van der Waals surface area contributed by atoms with Crippen LogP contribution in [0.2, 0.25) is 0 Å². The van der Waals surface area contributed by atoms with Gasteiger partial charge in [0.15, 0.2) is 5.78 Å². The van der Waals surface area contributed by atoms with E-state index in [1.165, 1.54) is 16.0 Å². The molecule has 0 spiro atoms. The van der Waals surface area contributed by atoms with E-state index >= 15 is 0 Å². The van der Waals surface area contributed by atoms with Crippen molar-refractivity contribution >= 4 is 17.5 Å². The van der Waals surface area contributed by atoms with E-state index in [9.17, 15) is 9.90 Å². The molecule has 166 valence electrons. The SMILES string of the molecule is C=C1C[C@@]2(C)[C@@H](CC[C@]2(C)O)[C@@H]2CCC3=C(CSc4ccccc4)C(=O)CC[C@]3(C)[C@@H]12. The summed E-state index contributed by atoms with van der Waals surface area (Å²) in [5, 5.41) is 11.2. The normalized spacial score (nSPS) is 42.3. The Hall–Kier alpha value is -1.32. The minimum absolute atomic E-state index is 0.0519. The zero-order valence-electron chi connectivity index (χ0n) is 19.2. The molecule has 5 rings (SSSR count). The van der Waals surface area contributed by atoms with E-state index in [1.54, 1.807) is 11.8 Å². The molecule has 0 bridgehead atoms. The summed E-state index contributed by atoms with van der Waals surface area (Å²) in [6.07, 6.45) is 6.76. The number of thioether (sulfide) groups is 1. The van der Waals surface area contributed by atoms with Crippen molar-refractivity contribution in [2.45, 2.75) is 76.2 Å². The molecule has 0 radical (unpaired) electrons. The number of benzene rings is 1. The topological polar surface area (TPSA) is 37.3 Å². The van der Waals surface area contributed by atoms with Crippen LogP contribution in [0.4, 0.5) is 0 Å². The first-order chi connectivity index (χ1) is 14.7. The molecule has 0 unspecified atom stereocenters. The van der Waals surface area contributed by atoms with Gasteiger partial charge in [-0.25, -0.2) is 0 Å². The van der Waals surface area contributed by atoms with Crippen molar-refractivity contribution in [3.05, 3.63) is 53.6 Å². The zero-order valence-corrected chi connectivity index (χ0v) is 20.1. The summed E-state index contributed by atoms with van der Waals surface area (Å²) in [7, 11) is 0. The highest BCUT2D eigenvalue weighted by atomic mass is 32.2. The monoisotopic (exact) mass is 436 g/mol. The smallest absolute Gasteiger partial charge is 0.159 e. The molecule has 0 aromatic heterocycles. The lowest BCUT2D eigenvalue weighted by Gasteiger charge is -2.60. The van der Waals surface area contributed by atoms with E-state index in [-0.39, 0.29) is 10.8 Å². The predicted octanol–water partition coefficient (Wildman–Crippen LogP) is 6.60. The molecule has 3 heteroatoms. The van der Waals surface area contributed by atoms with Crippen molar-refractivity contribution in [2.24, 2.45) is 28.6 Å². The number of ketones is 1. The number of hydrogen-bond acceptors (Lipinski definition) is 3. The third-order valence-corrected chi connectivity index (χ3v) is 10.8. The molecular formula is C28H36O2S. The van der Waals surface area contributed by atoms with Gasteiger partial charge in [-0.05, 0) is 80.8 Å². The van der Waals surface area contributed by atoms with Crippen molar-refractivity contribution in [3.8, 4) is 0 Å². The quantitative estimate of drug-likeness (QED) is 0.428. The first-order valence-electron chi connectivity index (χ1n) is 12.0. The fraction of sp³-hybridized carbons (Fsp3) is 0.607. The van der Waals surface area contributed by atoms with Gasteiger partial charge in [-0.1, -0.05) is 49.8 Å². The Labute approximate surface area is 191 Å². The van der Waals surface area contributed by atoms with Crippen LogP contribution in [-0.4, -0.2) is 22.2 Å². The van der Waals surface area contributed by atoms with E-state index in [4.69, 9.17) is 0 Å². The van der Waals surface area contributed by atoms with Crippen molar-refractivity contribution < 1.29 is 9.90 Å². The third kappa shape index (κ3) is 3.14. The lowest BCUT2D eigenvalue weighted by molar-refractivity contribution is -0.119. The Kier molecular flexibility index (Phi) is 5.10. The summed E-state index contributed by atoms with van der Waals surface area (Å²) in [4.78, 5) is 14.3. The number of carbonyl (C=O) groups is 1. The molecule has 6 atom stereocenters. The Morgan fingerprint density at radius 2 is 1.84 bits per heavy atom. The van der Waals surface area contributed by atoms with Gasteiger partial charge in [0.05, 0.1) is 5.60 Å². The highest BCUT2D eigenvalue weighted by Crippen LogP contribution is 2.69. The Balaban J connectivity index is 1.49. The second-order valence-electron chi connectivity index (χ2n) is 11.3. The molecule has 0 aliphatic heterocycles. The number of aliphatic hydroxyl groups is 1. The van der Waals surface area contributed by atoms with Gasteiger partial charge in [0, 0.05) is 28.1 Å². The fourth-order valence-corrected chi connectivity index (χ4v) is 8.97. The van der Waals surface area contributed by atoms with Crippen LogP contribution in [0.25, 0.3) is 0 Å². The predicted molar refractivity (Wildman–Crippen MR) is 128 cm³/mol.